The van der Waals surface area contributed by atoms with Gasteiger partial charge in [0.2, 0.25) is 0 Å². The first-order valence-electron chi connectivity index (χ1n) is 7.10. The normalized spacial score (nSPS) is 18.7. The summed E-state index contributed by atoms with van der Waals surface area (Å²) >= 11 is 0. The maximum Gasteiger partial charge on any atom is 0.175 e. The second kappa shape index (κ2) is 6.14. The molecule has 0 atom stereocenters. The molecular weight excluding hydrogens is 274 g/mol. The van der Waals surface area contributed by atoms with Gasteiger partial charge in [-0.25, -0.2) is 8.42 Å². The van der Waals surface area contributed by atoms with Crippen molar-refractivity contribution < 1.29 is 13.5 Å². The van der Waals surface area contributed by atoms with E-state index in [1.54, 1.807) is 18.2 Å². The van der Waals surface area contributed by atoms with Gasteiger partial charge in [0, 0.05) is 23.9 Å². The summed E-state index contributed by atoms with van der Waals surface area (Å²) in [5.41, 5.74) is 0.741. The van der Waals surface area contributed by atoms with E-state index in [1.807, 2.05) is 6.07 Å². The number of benzene rings is 1. The van der Waals surface area contributed by atoms with Crippen molar-refractivity contribution in [3.05, 3.63) is 24.3 Å². The molecule has 4 nitrogen and oxygen atoms in total. The molecule has 1 aliphatic carbocycles. The van der Waals surface area contributed by atoms with Crippen molar-refractivity contribution in [2.24, 2.45) is 5.41 Å². The van der Waals surface area contributed by atoms with Crippen LogP contribution in [0.2, 0.25) is 0 Å². The third-order valence-electron chi connectivity index (χ3n) is 4.18. The van der Waals surface area contributed by atoms with Gasteiger partial charge in [0.15, 0.2) is 9.84 Å². The van der Waals surface area contributed by atoms with Crippen molar-refractivity contribution in [3.63, 3.8) is 0 Å². The van der Waals surface area contributed by atoms with Crippen LogP contribution >= 0.6 is 0 Å². The molecule has 0 saturated heterocycles. The molecule has 5 heteroatoms. The van der Waals surface area contributed by atoms with Gasteiger partial charge in [0.05, 0.1) is 11.5 Å². The van der Waals surface area contributed by atoms with E-state index < -0.39 is 9.84 Å². The van der Waals surface area contributed by atoms with Gasteiger partial charge >= 0.3 is 0 Å². The Morgan fingerprint density at radius 3 is 2.55 bits per heavy atom. The molecule has 20 heavy (non-hydrogen) atoms. The quantitative estimate of drug-likeness (QED) is 0.876. The minimum atomic E-state index is -3.18. The second-order valence-corrected chi connectivity index (χ2v) is 7.89. The molecule has 0 unspecified atom stereocenters. The zero-order valence-electron chi connectivity index (χ0n) is 11.9. The predicted molar refractivity (Wildman–Crippen MR) is 80.6 cm³/mol. The summed E-state index contributed by atoms with van der Waals surface area (Å²) in [7, 11) is -3.18. The van der Waals surface area contributed by atoms with Crippen molar-refractivity contribution in [2.45, 2.75) is 37.0 Å². The lowest BCUT2D eigenvalue weighted by Gasteiger charge is -2.36. The van der Waals surface area contributed by atoms with E-state index in [1.165, 1.54) is 12.7 Å². The summed E-state index contributed by atoms with van der Waals surface area (Å²) in [5.74, 6) is 0. The van der Waals surface area contributed by atoms with Crippen LogP contribution in [0.1, 0.15) is 32.1 Å². The summed E-state index contributed by atoms with van der Waals surface area (Å²) in [6, 6.07) is 6.86. The lowest BCUT2D eigenvalue weighted by atomic mass is 9.74. The van der Waals surface area contributed by atoms with Crippen LogP contribution in [-0.4, -0.2) is 32.9 Å². The van der Waals surface area contributed by atoms with Crippen molar-refractivity contribution in [2.75, 3.05) is 24.7 Å². The summed E-state index contributed by atoms with van der Waals surface area (Å²) in [6.45, 7) is 0.877. The third kappa shape index (κ3) is 3.73. The minimum Gasteiger partial charge on any atom is -0.396 e. The van der Waals surface area contributed by atoms with Gasteiger partial charge in [-0.2, -0.15) is 0 Å². The molecule has 1 fully saturated rings. The van der Waals surface area contributed by atoms with E-state index in [-0.39, 0.29) is 12.0 Å². The molecule has 0 aromatic heterocycles. The maximum absolute atomic E-state index is 11.5. The first-order chi connectivity index (χ1) is 9.45. The summed E-state index contributed by atoms with van der Waals surface area (Å²) in [6.07, 6.45) is 6.83. The Morgan fingerprint density at radius 2 is 1.95 bits per heavy atom. The molecule has 0 amide bonds. The number of hydrogen-bond donors (Lipinski definition) is 2. The number of sulfone groups is 1. The Labute approximate surface area is 121 Å². The van der Waals surface area contributed by atoms with E-state index in [0.717, 1.165) is 31.4 Å². The molecule has 112 valence electrons. The molecule has 0 spiro atoms. The van der Waals surface area contributed by atoms with Crippen LogP contribution in [-0.2, 0) is 9.84 Å². The first kappa shape index (κ1) is 15.3. The molecule has 0 aliphatic heterocycles. The predicted octanol–water partition coefficient (Wildman–Crippen LogP) is 2.44. The number of anilines is 1. The van der Waals surface area contributed by atoms with Crippen molar-refractivity contribution in [1.82, 2.24) is 0 Å². The van der Waals surface area contributed by atoms with Gasteiger partial charge in [-0.1, -0.05) is 25.3 Å². The first-order valence-corrected chi connectivity index (χ1v) is 8.99. The molecule has 2 N–H and O–H groups in total. The fourth-order valence-electron chi connectivity index (χ4n) is 2.82. The molecule has 1 aliphatic rings. The standard InChI is InChI=1S/C15H23NO3S/c1-20(18,19)14-7-5-6-13(10-14)16-11-15(12-17)8-3-2-4-9-15/h5-7,10,16-17H,2-4,8-9,11-12H2,1H3. The van der Waals surface area contributed by atoms with Gasteiger partial charge in [-0.15, -0.1) is 0 Å². The van der Waals surface area contributed by atoms with E-state index >= 15 is 0 Å². The second-order valence-electron chi connectivity index (χ2n) is 5.87. The van der Waals surface area contributed by atoms with E-state index in [4.69, 9.17) is 0 Å². The largest absolute Gasteiger partial charge is 0.396 e. The Kier molecular flexibility index (Phi) is 4.70. The zero-order valence-corrected chi connectivity index (χ0v) is 12.7. The van der Waals surface area contributed by atoms with Crippen LogP contribution in [0, 0.1) is 5.41 Å². The molecule has 2 rings (SSSR count). The fraction of sp³-hybridized carbons (Fsp3) is 0.600. The summed E-state index contributed by atoms with van der Waals surface area (Å²) in [5, 5.41) is 13.0. The van der Waals surface area contributed by atoms with Crippen LogP contribution in [0.4, 0.5) is 5.69 Å². The molecule has 1 aromatic rings. The topological polar surface area (TPSA) is 66.4 Å². The van der Waals surface area contributed by atoms with Gasteiger partial charge in [0.25, 0.3) is 0 Å². The van der Waals surface area contributed by atoms with Gasteiger partial charge < -0.3 is 10.4 Å². The molecule has 1 saturated carbocycles. The highest BCUT2D eigenvalue weighted by molar-refractivity contribution is 7.90. The van der Waals surface area contributed by atoms with Crippen molar-refractivity contribution in [3.8, 4) is 0 Å². The fourth-order valence-corrected chi connectivity index (χ4v) is 3.49. The number of rotatable bonds is 5. The number of nitrogens with one attached hydrogen (secondary N) is 1. The van der Waals surface area contributed by atoms with Crippen LogP contribution < -0.4 is 5.32 Å². The highest BCUT2D eigenvalue weighted by Crippen LogP contribution is 2.36. The summed E-state index contributed by atoms with van der Waals surface area (Å²) < 4.78 is 23.1. The zero-order chi connectivity index (χ0) is 14.6. The van der Waals surface area contributed by atoms with Crippen LogP contribution in [0.15, 0.2) is 29.2 Å². The van der Waals surface area contributed by atoms with Crippen molar-refractivity contribution >= 4 is 15.5 Å². The molecule has 1 aromatic carbocycles. The number of aliphatic hydroxyl groups excluding tert-OH is 1. The minimum absolute atomic E-state index is 0.0562. The SMILES string of the molecule is CS(=O)(=O)c1cccc(NCC2(CO)CCCCC2)c1. The Bertz CT molecular complexity index is 548. The maximum atomic E-state index is 11.5. The highest BCUT2D eigenvalue weighted by Gasteiger charge is 2.31. The smallest absolute Gasteiger partial charge is 0.175 e. The third-order valence-corrected chi connectivity index (χ3v) is 5.29. The summed E-state index contributed by atoms with van der Waals surface area (Å²) in [4.78, 5) is 0.323. The Hall–Kier alpha value is -1.07. The molecule has 0 heterocycles. The lowest BCUT2D eigenvalue weighted by Crippen LogP contribution is -2.35. The van der Waals surface area contributed by atoms with E-state index in [2.05, 4.69) is 5.32 Å². The monoisotopic (exact) mass is 297 g/mol. The van der Waals surface area contributed by atoms with Gasteiger partial charge in [-0.05, 0) is 31.0 Å². The average Bonchev–Trinajstić information content (AvgIpc) is 2.46. The van der Waals surface area contributed by atoms with Crippen molar-refractivity contribution in [1.29, 1.82) is 0 Å². The average molecular weight is 297 g/mol. The Morgan fingerprint density at radius 1 is 1.25 bits per heavy atom. The van der Waals surface area contributed by atoms with Gasteiger partial charge in [0.1, 0.15) is 0 Å². The molecular formula is C15H23NO3S. The number of hydrogen-bond acceptors (Lipinski definition) is 4. The van der Waals surface area contributed by atoms with E-state index in [0.29, 0.717) is 11.4 Å². The van der Waals surface area contributed by atoms with Gasteiger partial charge in [-0.3, -0.25) is 0 Å². The molecule has 0 bridgehead atoms. The molecule has 0 radical (unpaired) electrons. The van der Waals surface area contributed by atoms with E-state index in [9.17, 15) is 13.5 Å². The Balaban J connectivity index is 2.07. The van der Waals surface area contributed by atoms with Crippen LogP contribution in [0.5, 0.6) is 0 Å². The van der Waals surface area contributed by atoms with Crippen LogP contribution in [0.3, 0.4) is 0 Å². The number of aliphatic hydroxyl groups is 1. The van der Waals surface area contributed by atoms with Crippen LogP contribution in [0.25, 0.3) is 0 Å². The lowest BCUT2D eigenvalue weighted by molar-refractivity contribution is 0.0944. The highest BCUT2D eigenvalue weighted by atomic mass is 32.2.